The molecule has 2 aliphatic heterocycles. The maximum absolute atomic E-state index is 11.3. The first kappa shape index (κ1) is 22.7. The Morgan fingerprint density at radius 1 is 1.29 bits per heavy atom. The molecular formula is C26H31N3OS. The third kappa shape index (κ3) is 5.80. The first-order chi connectivity index (χ1) is 14.9. The van der Waals surface area contributed by atoms with Crippen LogP contribution < -0.4 is 10.6 Å². The zero-order valence-corrected chi connectivity index (χ0v) is 19.7. The van der Waals surface area contributed by atoms with Crippen LogP contribution in [0.4, 0.5) is 0 Å². The molecule has 31 heavy (non-hydrogen) atoms. The molecule has 4 nitrogen and oxygen atoms in total. The summed E-state index contributed by atoms with van der Waals surface area (Å²) in [5.74, 6) is 6.21. The standard InChI is InChI=1S/C15H21N.C11H10N2OS/c1-4-6-15-14-8-7-12(5-2)11-13(14)9-10-16(15)3;1-7-3-4-9(15-7)5-6-10-11(14)13-8(2)12-10/h6-8,11H,4-5,9-10H2,1-3H3;3-4,10,12H,2H2,1H3,(H,13,14)/b15-6-;. The van der Waals surface area contributed by atoms with Gasteiger partial charge in [-0.05, 0) is 49.4 Å². The summed E-state index contributed by atoms with van der Waals surface area (Å²) < 4.78 is 0. The Kier molecular flexibility index (Phi) is 7.59. The highest BCUT2D eigenvalue weighted by Crippen LogP contribution is 2.28. The van der Waals surface area contributed by atoms with Crippen LogP contribution in [0.5, 0.6) is 0 Å². The molecule has 1 aromatic heterocycles. The van der Waals surface area contributed by atoms with E-state index in [1.165, 1.54) is 33.7 Å². The monoisotopic (exact) mass is 433 g/mol. The van der Waals surface area contributed by atoms with Gasteiger partial charge in [0, 0.05) is 29.7 Å². The van der Waals surface area contributed by atoms with Crippen LogP contribution in [0.25, 0.3) is 5.70 Å². The minimum absolute atomic E-state index is 0.138. The van der Waals surface area contributed by atoms with E-state index in [4.69, 9.17) is 0 Å². The quantitative estimate of drug-likeness (QED) is 0.688. The number of nitrogens with one attached hydrogen (secondary N) is 2. The van der Waals surface area contributed by atoms with Gasteiger partial charge in [-0.2, -0.15) is 0 Å². The number of allylic oxidation sites excluding steroid dienone is 1. The average Bonchev–Trinajstić information content (AvgIpc) is 3.32. The van der Waals surface area contributed by atoms with Crippen LogP contribution in [0, 0.1) is 18.8 Å². The lowest BCUT2D eigenvalue weighted by Gasteiger charge is -2.30. The molecule has 1 atom stereocenters. The van der Waals surface area contributed by atoms with Gasteiger partial charge in [-0.25, -0.2) is 0 Å². The van der Waals surface area contributed by atoms with Crippen molar-refractivity contribution in [1.82, 2.24) is 15.5 Å². The van der Waals surface area contributed by atoms with Crippen LogP contribution in [-0.2, 0) is 17.6 Å². The van der Waals surface area contributed by atoms with E-state index >= 15 is 0 Å². The Balaban J connectivity index is 0.000000176. The molecule has 2 N–H and O–H groups in total. The second-order valence-electron chi connectivity index (χ2n) is 7.74. The number of fused-ring (bicyclic) bond motifs is 1. The fourth-order valence-electron chi connectivity index (χ4n) is 3.64. The largest absolute Gasteiger partial charge is 0.374 e. The number of carbonyl (C=O) groups is 1. The van der Waals surface area contributed by atoms with Crippen molar-refractivity contribution in [2.45, 2.75) is 46.1 Å². The number of nitrogens with zero attached hydrogens (tertiary/aromatic N) is 1. The molecular weight excluding hydrogens is 402 g/mol. The molecule has 3 heterocycles. The number of aryl methyl sites for hydroxylation is 2. The van der Waals surface area contributed by atoms with Crippen LogP contribution in [0.3, 0.4) is 0 Å². The van der Waals surface area contributed by atoms with E-state index in [0.29, 0.717) is 5.82 Å². The van der Waals surface area contributed by atoms with Gasteiger partial charge in [-0.15, -0.1) is 11.3 Å². The molecule has 5 heteroatoms. The lowest BCUT2D eigenvalue weighted by atomic mass is 9.93. The van der Waals surface area contributed by atoms with Crippen molar-refractivity contribution in [3.8, 4) is 11.8 Å². The molecule has 1 fully saturated rings. The maximum atomic E-state index is 11.3. The van der Waals surface area contributed by atoms with Crippen LogP contribution in [0.2, 0.25) is 0 Å². The lowest BCUT2D eigenvalue weighted by Crippen LogP contribution is -2.26. The third-order valence-electron chi connectivity index (χ3n) is 5.31. The number of rotatable bonds is 2. The van der Waals surface area contributed by atoms with Crippen molar-refractivity contribution in [1.29, 1.82) is 0 Å². The van der Waals surface area contributed by atoms with Crippen LogP contribution in [0.15, 0.2) is 48.8 Å². The smallest absolute Gasteiger partial charge is 0.260 e. The van der Waals surface area contributed by atoms with Crippen LogP contribution in [0.1, 0.15) is 46.7 Å². The van der Waals surface area contributed by atoms with Crippen molar-refractivity contribution >= 4 is 22.9 Å². The second-order valence-corrected chi connectivity index (χ2v) is 9.03. The highest BCUT2D eigenvalue weighted by Gasteiger charge is 2.23. The normalized spacial score (nSPS) is 18.4. The van der Waals surface area contributed by atoms with E-state index in [1.807, 2.05) is 19.1 Å². The molecule has 0 saturated carbocycles. The first-order valence-electron chi connectivity index (χ1n) is 10.8. The molecule has 1 amide bonds. The van der Waals surface area contributed by atoms with Gasteiger partial charge in [0.1, 0.15) is 0 Å². The molecule has 162 valence electrons. The number of thiophene rings is 1. The van der Waals surface area contributed by atoms with Crippen molar-refractivity contribution in [3.63, 3.8) is 0 Å². The topological polar surface area (TPSA) is 44.4 Å². The van der Waals surface area contributed by atoms with Gasteiger partial charge in [0.25, 0.3) is 5.91 Å². The number of carbonyl (C=O) groups excluding carboxylic acids is 1. The molecule has 0 radical (unpaired) electrons. The number of amides is 1. The van der Waals surface area contributed by atoms with Crippen molar-refractivity contribution < 1.29 is 4.79 Å². The van der Waals surface area contributed by atoms with E-state index in [2.05, 4.69) is 79.1 Å². The number of likely N-dealkylation sites (N-methyl/N-ethyl adjacent to an activating group) is 1. The summed E-state index contributed by atoms with van der Waals surface area (Å²) in [6.45, 7) is 11.2. The van der Waals surface area contributed by atoms with Gasteiger partial charge < -0.3 is 15.5 Å². The molecule has 0 aliphatic carbocycles. The molecule has 0 bridgehead atoms. The molecule has 0 spiro atoms. The summed E-state index contributed by atoms with van der Waals surface area (Å²) in [5.41, 5.74) is 5.83. The average molecular weight is 434 g/mol. The van der Waals surface area contributed by atoms with Crippen LogP contribution >= 0.6 is 11.3 Å². The predicted molar refractivity (Wildman–Crippen MR) is 131 cm³/mol. The van der Waals surface area contributed by atoms with E-state index < -0.39 is 6.04 Å². The minimum atomic E-state index is -0.472. The summed E-state index contributed by atoms with van der Waals surface area (Å²) in [7, 11) is 2.19. The SMILES string of the molecule is C=C1NC(=O)C(C#Cc2ccc(C)s2)N1.CC/C=C1/c2ccc(CC)cc2CCN1C. The maximum Gasteiger partial charge on any atom is 0.260 e. The third-order valence-corrected chi connectivity index (χ3v) is 6.23. The molecule has 2 aromatic rings. The molecule has 1 saturated heterocycles. The zero-order chi connectivity index (χ0) is 22.4. The molecule has 2 aliphatic rings. The Morgan fingerprint density at radius 3 is 2.71 bits per heavy atom. The minimum Gasteiger partial charge on any atom is -0.374 e. The number of hydrogen-bond acceptors (Lipinski definition) is 4. The van der Waals surface area contributed by atoms with Crippen molar-refractivity contribution in [2.75, 3.05) is 13.6 Å². The Labute approximate surface area is 190 Å². The van der Waals surface area contributed by atoms with Gasteiger partial charge in [-0.1, -0.05) is 56.5 Å². The second kappa shape index (κ2) is 10.4. The van der Waals surface area contributed by atoms with Crippen LogP contribution in [-0.4, -0.2) is 30.4 Å². The summed E-state index contributed by atoms with van der Waals surface area (Å²) in [6, 6.07) is 10.4. The van der Waals surface area contributed by atoms with Gasteiger partial charge in [0.05, 0.1) is 10.7 Å². The molecule has 1 unspecified atom stereocenters. The van der Waals surface area contributed by atoms with E-state index in [-0.39, 0.29) is 5.91 Å². The highest BCUT2D eigenvalue weighted by atomic mass is 32.1. The number of hydrogen-bond donors (Lipinski definition) is 2. The predicted octanol–water partition coefficient (Wildman–Crippen LogP) is 4.46. The van der Waals surface area contributed by atoms with E-state index in [1.54, 1.807) is 11.3 Å². The van der Waals surface area contributed by atoms with Crippen molar-refractivity contribution in [3.05, 3.63) is 75.3 Å². The zero-order valence-electron chi connectivity index (χ0n) is 18.8. The fraction of sp³-hybridized carbons (Fsp3) is 0.346. The van der Waals surface area contributed by atoms with Gasteiger partial charge in [0.15, 0.2) is 6.04 Å². The summed E-state index contributed by atoms with van der Waals surface area (Å²) >= 11 is 1.62. The number of benzene rings is 1. The van der Waals surface area contributed by atoms with Crippen molar-refractivity contribution in [2.24, 2.45) is 0 Å². The first-order valence-corrected chi connectivity index (χ1v) is 11.6. The Morgan fingerprint density at radius 2 is 2.10 bits per heavy atom. The summed E-state index contributed by atoms with van der Waals surface area (Å²) in [6.07, 6.45) is 5.76. The summed E-state index contributed by atoms with van der Waals surface area (Å²) in [5, 5.41) is 5.42. The Hall–Kier alpha value is -2.97. The van der Waals surface area contributed by atoms with Gasteiger partial charge in [0.2, 0.25) is 0 Å². The highest BCUT2D eigenvalue weighted by molar-refractivity contribution is 7.12. The molecule has 4 rings (SSSR count). The Bertz CT molecular complexity index is 1050. The van der Waals surface area contributed by atoms with E-state index in [9.17, 15) is 4.79 Å². The lowest BCUT2D eigenvalue weighted by molar-refractivity contribution is -0.119. The van der Waals surface area contributed by atoms with Gasteiger partial charge >= 0.3 is 0 Å². The van der Waals surface area contributed by atoms with Gasteiger partial charge in [-0.3, -0.25) is 4.79 Å². The van der Waals surface area contributed by atoms with E-state index in [0.717, 1.165) is 24.3 Å². The molecule has 1 aromatic carbocycles. The summed E-state index contributed by atoms with van der Waals surface area (Å²) in [4.78, 5) is 15.8. The fourth-order valence-corrected chi connectivity index (χ4v) is 4.37.